The van der Waals surface area contributed by atoms with Gasteiger partial charge in [0.25, 0.3) is 11.5 Å². The van der Waals surface area contributed by atoms with Gasteiger partial charge < -0.3 is 10.2 Å². The van der Waals surface area contributed by atoms with Crippen LogP contribution in [0.3, 0.4) is 0 Å². The van der Waals surface area contributed by atoms with Gasteiger partial charge in [0, 0.05) is 19.2 Å². The molecule has 0 fully saturated rings. The van der Waals surface area contributed by atoms with E-state index in [0.29, 0.717) is 6.54 Å². The van der Waals surface area contributed by atoms with Crippen LogP contribution in [0.15, 0.2) is 10.9 Å². The summed E-state index contributed by atoms with van der Waals surface area (Å²) in [6, 6.07) is 1.23. The zero-order chi connectivity index (χ0) is 10.6. The lowest BCUT2D eigenvalue weighted by atomic mass is 10.4. The van der Waals surface area contributed by atoms with E-state index in [1.807, 2.05) is 19.0 Å². The predicted octanol–water partition coefficient (Wildman–Crippen LogP) is -1.01. The molecule has 0 saturated carbocycles. The average Bonchev–Trinajstić information content (AvgIpc) is 2.51. The maximum absolute atomic E-state index is 11.3. The van der Waals surface area contributed by atoms with Crippen molar-refractivity contribution in [3.63, 3.8) is 0 Å². The zero-order valence-electron chi connectivity index (χ0n) is 8.26. The van der Waals surface area contributed by atoms with Crippen molar-refractivity contribution >= 4 is 5.91 Å². The van der Waals surface area contributed by atoms with Crippen LogP contribution in [-0.4, -0.2) is 48.2 Å². The molecule has 1 heterocycles. The summed E-state index contributed by atoms with van der Waals surface area (Å²) < 4.78 is 0. The molecule has 1 aromatic heterocycles. The first kappa shape index (κ1) is 10.5. The first-order chi connectivity index (χ1) is 6.59. The molecule has 0 radical (unpaired) electrons. The summed E-state index contributed by atoms with van der Waals surface area (Å²) >= 11 is 0. The van der Waals surface area contributed by atoms with Crippen LogP contribution in [0, 0.1) is 0 Å². The highest BCUT2D eigenvalue weighted by Crippen LogP contribution is 1.86. The van der Waals surface area contributed by atoms with Gasteiger partial charge in [-0.2, -0.15) is 0 Å². The van der Waals surface area contributed by atoms with Gasteiger partial charge in [-0.05, 0) is 14.1 Å². The van der Waals surface area contributed by atoms with Crippen LogP contribution >= 0.6 is 0 Å². The minimum Gasteiger partial charge on any atom is -0.349 e. The third-order valence-corrected chi connectivity index (χ3v) is 1.69. The van der Waals surface area contributed by atoms with Gasteiger partial charge in [0.15, 0.2) is 0 Å². The maximum Gasteiger partial charge on any atom is 0.269 e. The Hall–Kier alpha value is -1.56. The summed E-state index contributed by atoms with van der Waals surface area (Å²) in [5.41, 5.74) is -0.0449. The quantitative estimate of drug-likeness (QED) is 0.580. The van der Waals surface area contributed by atoms with Crippen LogP contribution in [0.4, 0.5) is 0 Å². The Morgan fingerprint density at radius 3 is 2.71 bits per heavy atom. The number of aromatic nitrogens is 2. The van der Waals surface area contributed by atoms with E-state index >= 15 is 0 Å². The highest BCUT2D eigenvalue weighted by Gasteiger charge is 2.06. The van der Waals surface area contributed by atoms with Crippen LogP contribution < -0.4 is 10.9 Å². The lowest BCUT2D eigenvalue weighted by Gasteiger charge is -2.09. The third-order valence-electron chi connectivity index (χ3n) is 1.69. The van der Waals surface area contributed by atoms with Crippen LogP contribution in [0.5, 0.6) is 0 Å². The van der Waals surface area contributed by atoms with E-state index in [2.05, 4.69) is 15.5 Å². The third kappa shape index (κ3) is 3.06. The molecular weight excluding hydrogens is 184 g/mol. The first-order valence-electron chi connectivity index (χ1n) is 4.30. The lowest BCUT2D eigenvalue weighted by molar-refractivity contribution is 0.0946. The van der Waals surface area contributed by atoms with Crippen LogP contribution in [0.2, 0.25) is 0 Å². The topological polar surface area (TPSA) is 81.0 Å². The molecule has 0 aliphatic heterocycles. The number of nitrogens with one attached hydrogen (secondary N) is 3. The summed E-state index contributed by atoms with van der Waals surface area (Å²) in [5, 5.41) is 7.45. The molecule has 0 aliphatic rings. The van der Waals surface area contributed by atoms with Crippen molar-refractivity contribution in [2.45, 2.75) is 0 Å². The summed E-state index contributed by atoms with van der Waals surface area (Å²) in [5.74, 6) is -0.273. The molecule has 0 unspecified atom stereocenters. The molecule has 0 atom stereocenters. The van der Waals surface area contributed by atoms with Gasteiger partial charge in [0.2, 0.25) is 0 Å². The van der Waals surface area contributed by atoms with Crippen LogP contribution in [0.25, 0.3) is 0 Å². The van der Waals surface area contributed by atoms with E-state index in [1.165, 1.54) is 6.07 Å². The summed E-state index contributed by atoms with van der Waals surface area (Å²) in [4.78, 5) is 24.0. The largest absolute Gasteiger partial charge is 0.349 e. The van der Waals surface area contributed by atoms with Gasteiger partial charge in [0.1, 0.15) is 5.69 Å². The van der Waals surface area contributed by atoms with Gasteiger partial charge in [0.05, 0.1) is 0 Å². The number of hydrogen-bond acceptors (Lipinski definition) is 3. The van der Waals surface area contributed by atoms with E-state index in [1.54, 1.807) is 0 Å². The Morgan fingerprint density at radius 2 is 2.21 bits per heavy atom. The van der Waals surface area contributed by atoms with Gasteiger partial charge in [-0.3, -0.25) is 19.8 Å². The second-order valence-electron chi connectivity index (χ2n) is 3.23. The normalized spacial score (nSPS) is 10.5. The van der Waals surface area contributed by atoms with Gasteiger partial charge in [-0.15, -0.1) is 0 Å². The lowest BCUT2D eigenvalue weighted by Crippen LogP contribution is -2.31. The summed E-state index contributed by atoms with van der Waals surface area (Å²) in [6.45, 7) is 1.32. The average molecular weight is 198 g/mol. The van der Waals surface area contributed by atoms with Gasteiger partial charge >= 0.3 is 0 Å². The Bertz CT molecular complexity index is 352. The van der Waals surface area contributed by atoms with E-state index < -0.39 is 0 Å². The molecule has 6 heteroatoms. The molecule has 0 spiro atoms. The van der Waals surface area contributed by atoms with Crippen molar-refractivity contribution < 1.29 is 4.79 Å². The van der Waals surface area contributed by atoms with E-state index in [-0.39, 0.29) is 17.2 Å². The SMILES string of the molecule is CN(C)CCNC(=O)c1cc(=O)[nH][nH]1. The Kier molecular flexibility index (Phi) is 3.47. The molecule has 1 amide bonds. The smallest absolute Gasteiger partial charge is 0.269 e. The molecule has 0 saturated heterocycles. The molecule has 1 aromatic rings. The maximum atomic E-state index is 11.3. The fourth-order valence-electron chi connectivity index (χ4n) is 0.943. The molecule has 0 aliphatic carbocycles. The minimum atomic E-state index is -0.303. The van der Waals surface area contributed by atoms with Crippen molar-refractivity contribution in [1.29, 1.82) is 0 Å². The summed E-state index contributed by atoms with van der Waals surface area (Å²) in [7, 11) is 3.84. The number of hydrogen-bond donors (Lipinski definition) is 3. The Labute approximate surface area is 81.3 Å². The van der Waals surface area contributed by atoms with Crippen molar-refractivity contribution in [2.24, 2.45) is 0 Å². The number of H-pyrrole nitrogens is 2. The van der Waals surface area contributed by atoms with Crippen molar-refractivity contribution in [3.05, 3.63) is 22.1 Å². The highest BCUT2D eigenvalue weighted by atomic mass is 16.2. The fourth-order valence-corrected chi connectivity index (χ4v) is 0.943. The number of carbonyl (C=O) groups excluding carboxylic acids is 1. The molecule has 6 nitrogen and oxygen atoms in total. The fraction of sp³-hybridized carbons (Fsp3) is 0.500. The van der Waals surface area contributed by atoms with Gasteiger partial charge in [-0.25, -0.2) is 0 Å². The number of nitrogens with zero attached hydrogens (tertiary/aromatic N) is 1. The van der Waals surface area contributed by atoms with Crippen LogP contribution in [0.1, 0.15) is 10.5 Å². The van der Waals surface area contributed by atoms with Gasteiger partial charge in [-0.1, -0.05) is 0 Å². The second kappa shape index (κ2) is 4.61. The second-order valence-corrected chi connectivity index (χ2v) is 3.23. The molecule has 14 heavy (non-hydrogen) atoms. The number of carbonyl (C=O) groups is 1. The van der Waals surface area contributed by atoms with Crippen molar-refractivity contribution in [3.8, 4) is 0 Å². The van der Waals surface area contributed by atoms with Crippen molar-refractivity contribution in [2.75, 3.05) is 27.2 Å². The van der Waals surface area contributed by atoms with E-state index in [9.17, 15) is 9.59 Å². The number of rotatable bonds is 4. The minimum absolute atomic E-state index is 0.258. The highest BCUT2D eigenvalue weighted by molar-refractivity contribution is 5.92. The van der Waals surface area contributed by atoms with Crippen LogP contribution in [-0.2, 0) is 0 Å². The standard InChI is InChI=1S/C8H14N4O2/c1-12(2)4-3-9-8(14)6-5-7(13)11-10-6/h5H,3-4H2,1-2H3,(H,9,14)(H2,10,11,13). The number of aromatic amines is 2. The number of likely N-dealkylation sites (N-methyl/N-ethyl adjacent to an activating group) is 1. The first-order valence-corrected chi connectivity index (χ1v) is 4.30. The zero-order valence-corrected chi connectivity index (χ0v) is 8.26. The molecule has 78 valence electrons. The molecule has 3 N–H and O–H groups in total. The summed E-state index contributed by atoms with van der Waals surface area (Å²) in [6.07, 6.45) is 0. The molecular formula is C8H14N4O2. The van der Waals surface area contributed by atoms with E-state index in [4.69, 9.17) is 0 Å². The van der Waals surface area contributed by atoms with E-state index in [0.717, 1.165) is 6.54 Å². The molecule has 0 aromatic carbocycles. The predicted molar refractivity (Wildman–Crippen MR) is 52.3 cm³/mol. The molecule has 0 bridgehead atoms. The molecule has 1 rings (SSSR count). The van der Waals surface area contributed by atoms with Crippen molar-refractivity contribution in [1.82, 2.24) is 20.4 Å². The Morgan fingerprint density at radius 1 is 1.50 bits per heavy atom. The number of amides is 1. The Balaban J connectivity index is 2.40. The monoisotopic (exact) mass is 198 g/mol.